The number of fused-ring (bicyclic) bond motifs is 1. The van der Waals surface area contributed by atoms with Crippen LogP contribution in [-0.4, -0.2) is 17.7 Å². The van der Waals surface area contributed by atoms with Crippen LogP contribution in [0.3, 0.4) is 0 Å². The zero-order valence-electron chi connectivity index (χ0n) is 9.24. The van der Waals surface area contributed by atoms with Crippen molar-refractivity contribution in [3.63, 3.8) is 0 Å². The van der Waals surface area contributed by atoms with E-state index in [0.29, 0.717) is 22.8 Å². The van der Waals surface area contributed by atoms with E-state index in [-0.39, 0.29) is 5.56 Å². The molecular weight excluding hydrogens is 240 g/mol. The third kappa shape index (κ3) is 2.19. The summed E-state index contributed by atoms with van der Waals surface area (Å²) in [5.74, 6) is -0.447. The molecule has 2 rings (SSSR count). The van der Waals surface area contributed by atoms with Gasteiger partial charge in [-0.25, -0.2) is 4.79 Å². The van der Waals surface area contributed by atoms with Gasteiger partial charge in [0, 0.05) is 15.8 Å². The number of rotatable bonds is 3. The minimum absolute atomic E-state index is 0.175. The highest BCUT2D eigenvalue weighted by atomic mass is 35.5. The summed E-state index contributed by atoms with van der Waals surface area (Å²) in [4.78, 5) is 11.0. The van der Waals surface area contributed by atoms with Crippen LogP contribution in [0.5, 0.6) is 5.75 Å². The van der Waals surface area contributed by atoms with Crippen molar-refractivity contribution in [1.82, 2.24) is 0 Å². The molecule has 4 heteroatoms. The summed E-state index contributed by atoms with van der Waals surface area (Å²) in [6.07, 6.45) is 0. The maximum atomic E-state index is 11.0. The molecule has 88 valence electrons. The van der Waals surface area contributed by atoms with Crippen LogP contribution >= 0.6 is 11.6 Å². The SMILES string of the molecule is CCOc1cc(C(=O)O)cc2c(Cl)cccc12. The van der Waals surface area contributed by atoms with Crippen molar-refractivity contribution in [2.24, 2.45) is 0 Å². The number of aromatic carboxylic acids is 1. The van der Waals surface area contributed by atoms with Gasteiger partial charge in [-0.1, -0.05) is 23.7 Å². The van der Waals surface area contributed by atoms with Gasteiger partial charge in [0.2, 0.25) is 0 Å². The van der Waals surface area contributed by atoms with Crippen molar-refractivity contribution >= 4 is 28.3 Å². The molecule has 0 aliphatic carbocycles. The Bertz CT molecular complexity index is 578. The van der Waals surface area contributed by atoms with E-state index in [1.54, 1.807) is 12.1 Å². The smallest absolute Gasteiger partial charge is 0.335 e. The van der Waals surface area contributed by atoms with Gasteiger partial charge in [-0.15, -0.1) is 0 Å². The molecule has 3 nitrogen and oxygen atoms in total. The van der Waals surface area contributed by atoms with Crippen LogP contribution in [0.25, 0.3) is 10.8 Å². The second-order valence-corrected chi connectivity index (χ2v) is 3.95. The predicted octanol–water partition coefficient (Wildman–Crippen LogP) is 3.59. The molecule has 2 aromatic rings. The zero-order chi connectivity index (χ0) is 12.4. The summed E-state index contributed by atoms with van der Waals surface area (Å²) in [5, 5.41) is 11.1. The summed E-state index contributed by atoms with van der Waals surface area (Å²) in [6, 6.07) is 8.48. The number of hydrogen-bond acceptors (Lipinski definition) is 2. The van der Waals surface area contributed by atoms with Crippen LogP contribution < -0.4 is 4.74 Å². The number of halogens is 1. The molecule has 0 heterocycles. The maximum absolute atomic E-state index is 11.0. The first-order valence-electron chi connectivity index (χ1n) is 5.22. The molecule has 0 radical (unpaired) electrons. The first kappa shape index (κ1) is 11.7. The number of carboxylic acids is 1. The average Bonchev–Trinajstić information content (AvgIpc) is 2.30. The topological polar surface area (TPSA) is 46.5 Å². The largest absolute Gasteiger partial charge is 0.493 e. The number of ether oxygens (including phenoxy) is 1. The molecule has 0 bridgehead atoms. The molecule has 0 saturated carbocycles. The highest BCUT2D eigenvalue weighted by Crippen LogP contribution is 2.32. The van der Waals surface area contributed by atoms with Crippen molar-refractivity contribution in [2.45, 2.75) is 6.92 Å². The Kier molecular flexibility index (Phi) is 3.20. The van der Waals surface area contributed by atoms with E-state index in [1.165, 1.54) is 6.07 Å². The predicted molar refractivity (Wildman–Crippen MR) is 67.1 cm³/mol. The maximum Gasteiger partial charge on any atom is 0.335 e. The Labute approximate surface area is 104 Å². The zero-order valence-corrected chi connectivity index (χ0v) is 9.99. The van der Waals surface area contributed by atoms with E-state index in [4.69, 9.17) is 21.4 Å². The fourth-order valence-electron chi connectivity index (χ4n) is 1.71. The number of carboxylic acid groups (broad SMARTS) is 1. The minimum atomic E-state index is -0.993. The van der Waals surface area contributed by atoms with Gasteiger partial charge in [-0.2, -0.15) is 0 Å². The van der Waals surface area contributed by atoms with Crippen molar-refractivity contribution in [2.75, 3.05) is 6.61 Å². The van der Waals surface area contributed by atoms with Crippen molar-refractivity contribution in [1.29, 1.82) is 0 Å². The molecule has 0 unspecified atom stereocenters. The summed E-state index contributed by atoms with van der Waals surface area (Å²) in [6.45, 7) is 2.33. The highest BCUT2D eigenvalue weighted by molar-refractivity contribution is 6.35. The van der Waals surface area contributed by atoms with Gasteiger partial charge in [0.15, 0.2) is 0 Å². The van der Waals surface area contributed by atoms with E-state index < -0.39 is 5.97 Å². The lowest BCUT2D eigenvalue weighted by Crippen LogP contribution is -1.99. The lowest BCUT2D eigenvalue weighted by atomic mass is 10.1. The molecule has 0 aliphatic heterocycles. The fraction of sp³-hybridized carbons (Fsp3) is 0.154. The van der Waals surface area contributed by atoms with E-state index in [1.807, 2.05) is 19.1 Å². The van der Waals surface area contributed by atoms with E-state index in [0.717, 1.165) is 5.39 Å². The van der Waals surface area contributed by atoms with Crippen molar-refractivity contribution < 1.29 is 14.6 Å². The van der Waals surface area contributed by atoms with E-state index in [9.17, 15) is 4.79 Å². The van der Waals surface area contributed by atoms with Crippen LogP contribution in [0.1, 0.15) is 17.3 Å². The van der Waals surface area contributed by atoms with Crippen LogP contribution in [0.15, 0.2) is 30.3 Å². The Morgan fingerprint density at radius 3 is 2.76 bits per heavy atom. The Hall–Kier alpha value is -1.74. The Balaban J connectivity index is 2.76. The summed E-state index contributed by atoms with van der Waals surface area (Å²) in [7, 11) is 0. The van der Waals surface area contributed by atoms with Gasteiger partial charge in [-0.05, 0) is 25.1 Å². The fourth-order valence-corrected chi connectivity index (χ4v) is 1.94. The Morgan fingerprint density at radius 2 is 2.12 bits per heavy atom. The Morgan fingerprint density at radius 1 is 1.35 bits per heavy atom. The monoisotopic (exact) mass is 250 g/mol. The molecule has 1 N–H and O–H groups in total. The molecular formula is C13H11ClO3. The van der Waals surface area contributed by atoms with Gasteiger partial charge in [0.1, 0.15) is 5.75 Å². The van der Waals surface area contributed by atoms with E-state index >= 15 is 0 Å². The van der Waals surface area contributed by atoms with E-state index in [2.05, 4.69) is 0 Å². The third-order valence-electron chi connectivity index (χ3n) is 2.45. The van der Waals surface area contributed by atoms with Gasteiger partial charge in [-0.3, -0.25) is 0 Å². The lowest BCUT2D eigenvalue weighted by molar-refractivity contribution is 0.0696. The van der Waals surface area contributed by atoms with Gasteiger partial charge in [0.25, 0.3) is 0 Å². The van der Waals surface area contributed by atoms with Gasteiger partial charge in [0.05, 0.1) is 12.2 Å². The first-order chi connectivity index (χ1) is 8.13. The lowest BCUT2D eigenvalue weighted by Gasteiger charge is -2.09. The van der Waals surface area contributed by atoms with Gasteiger partial charge >= 0.3 is 5.97 Å². The molecule has 0 atom stereocenters. The van der Waals surface area contributed by atoms with Crippen LogP contribution in [0.2, 0.25) is 5.02 Å². The van der Waals surface area contributed by atoms with Crippen LogP contribution in [0.4, 0.5) is 0 Å². The molecule has 0 amide bonds. The second kappa shape index (κ2) is 4.63. The standard InChI is InChI=1S/C13H11ClO3/c1-2-17-12-7-8(13(15)16)6-10-9(12)4-3-5-11(10)14/h3-7H,2H2,1H3,(H,15,16). The molecule has 0 aliphatic rings. The summed E-state index contributed by atoms with van der Waals surface area (Å²) < 4.78 is 5.44. The minimum Gasteiger partial charge on any atom is -0.493 e. The number of carbonyl (C=O) groups is 1. The molecule has 0 saturated heterocycles. The third-order valence-corrected chi connectivity index (χ3v) is 2.78. The molecule has 0 fully saturated rings. The number of benzene rings is 2. The van der Waals surface area contributed by atoms with Crippen LogP contribution in [0, 0.1) is 0 Å². The molecule has 2 aromatic carbocycles. The number of hydrogen-bond donors (Lipinski definition) is 1. The summed E-state index contributed by atoms with van der Waals surface area (Å²) >= 11 is 6.06. The normalized spacial score (nSPS) is 10.5. The first-order valence-corrected chi connectivity index (χ1v) is 5.59. The van der Waals surface area contributed by atoms with Crippen molar-refractivity contribution in [3.8, 4) is 5.75 Å². The molecule has 0 spiro atoms. The second-order valence-electron chi connectivity index (χ2n) is 3.55. The molecule has 0 aromatic heterocycles. The molecule has 17 heavy (non-hydrogen) atoms. The highest BCUT2D eigenvalue weighted by Gasteiger charge is 2.11. The summed E-state index contributed by atoms with van der Waals surface area (Å²) in [5.41, 5.74) is 0.175. The van der Waals surface area contributed by atoms with Gasteiger partial charge < -0.3 is 9.84 Å². The quantitative estimate of drug-likeness (QED) is 0.906. The van der Waals surface area contributed by atoms with Crippen LogP contribution in [-0.2, 0) is 0 Å². The van der Waals surface area contributed by atoms with Crippen molar-refractivity contribution in [3.05, 3.63) is 40.9 Å². The average molecular weight is 251 g/mol.